The van der Waals surface area contributed by atoms with Crippen molar-refractivity contribution in [3.05, 3.63) is 58.2 Å². The van der Waals surface area contributed by atoms with Crippen molar-refractivity contribution in [1.29, 1.82) is 0 Å². The number of nitrogens with one attached hydrogen (secondary N) is 1. The number of ether oxygens (including phenoxy) is 2. The first-order chi connectivity index (χ1) is 15.3. The lowest BCUT2D eigenvalue weighted by molar-refractivity contribution is -0.151. The number of dihydropyridines is 1. The zero-order chi connectivity index (χ0) is 23.0. The molecule has 0 amide bonds. The molecule has 0 bridgehead atoms. The molecule has 1 aliphatic heterocycles. The highest BCUT2D eigenvalue weighted by Crippen LogP contribution is 2.46. The third-order valence-corrected chi connectivity index (χ3v) is 6.76. The minimum Gasteiger partial charge on any atom is -0.468 e. The molecule has 0 spiro atoms. The minimum absolute atomic E-state index is 0.177. The number of ketones is 1. The van der Waals surface area contributed by atoms with E-state index in [1.54, 1.807) is 25.1 Å². The number of hydrogen-bond acceptors (Lipinski definition) is 6. The zero-order valence-corrected chi connectivity index (χ0v) is 18.6. The lowest BCUT2D eigenvalue weighted by atomic mass is 9.69. The molecule has 1 aromatic carbocycles. The van der Waals surface area contributed by atoms with Gasteiger partial charge in [-0.1, -0.05) is 25.1 Å². The summed E-state index contributed by atoms with van der Waals surface area (Å²) in [6.45, 7) is 3.55. The Balaban J connectivity index is 1.82. The van der Waals surface area contributed by atoms with Crippen LogP contribution in [-0.2, 0) is 23.9 Å². The second kappa shape index (κ2) is 8.88. The summed E-state index contributed by atoms with van der Waals surface area (Å²) in [5.74, 6) is -4.38. The number of carbonyl (C=O) groups excluding carboxylic acids is 3. The number of halogens is 1. The number of benzene rings is 1. The van der Waals surface area contributed by atoms with Crippen molar-refractivity contribution in [2.45, 2.75) is 58.0 Å². The maximum atomic E-state index is 15.0. The first-order valence-electron chi connectivity index (χ1n) is 11.1. The Labute approximate surface area is 186 Å². The van der Waals surface area contributed by atoms with E-state index in [1.165, 1.54) is 13.2 Å². The Morgan fingerprint density at radius 2 is 1.84 bits per heavy atom. The van der Waals surface area contributed by atoms with E-state index in [2.05, 4.69) is 5.32 Å². The molecular weight excluding hydrogens is 413 g/mol. The number of carbonyl (C=O) groups is 3. The molecule has 0 unspecified atom stereocenters. The summed E-state index contributed by atoms with van der Waals surface area (Å²) in [5, 5.41) is 3.19. The molecule has 0 radical (unpaired) electrons. The average Bonchev–Trinajstić information content (AvgIpc) is 3.25. The van der Waals surface area contributed by atoms with Crippen LogP contribution in [0.25, 0.3) is 0 Å². The summed E-state index contributed by atoms with van der Waals surface area (Å²) in [6.07, 6.45) is 3.82. The van der Waals surface area contributed by atoms with Gasteiger partial charge in [0.05, 0.1) is 18.6 Å². The summed E-state index contributed by atoms with van der Waals surface area (Å²) in [5.41, 5.74) is 1.83. The monoisotopic (exact) mass is 441 g/mol. The predicted molar refractivity (Wildman–Crippen MR) is 115 cm³/mol. The van der Waals surface area contributed by atoms with E-state index in [0.29, 0.717) is 17.8 Å². The summed E-state index contributed by atoms with van der Waals surface area (Å²) < 4.78 is 25.6. The van der Waals surface area contributed by atoms with Crippen molar-refractivity contribution >= 4 is 17.7 Å². The lowest BCUT2D eigenvalue weighted by Gasteiger charge is -2.38. The van der Waals surface area contributed by atoms with Crippen LogP contribution in [-0.4, -0.2) is 30.9 Å². The van der Waals surface area contributed by atoms with Gasteiger partial charge in [0.2, 0.25) is 0 Å². The van der Waals surface area contributed by atoms with Crippen LogP contribution in [0.3, 0.4) is 0 Å². The molecule has 1 heterocycles. The van der Waals surface area contributed by atoms with Crippen LogP contribution in [0.4, 0.5) is 4.39 Å². The molecular formula is C25H28FNO5. The van der Waals surface area contributed by atoms with Gasteiger partial charge in [-0.15, -0.1) is 0 Å². The van der Waals surface area contributed by atoms with E-state index in [9.17, 15) is 14.4 Å². The maximum absolute atomic E-state index is 15.0. The Morgan fingerprint density at radius 1 is 1.16 bits per heavy atom. The normalized spacial score (nSPS) is 26.0. The van der Waals surface area contributed by atoms with Crippen molar-refractivity contribution in [2.24, 2.45) is 11.8 Å². The van der Waals surface area contributed by atoms with E-state index < -0.39 is 35.4 Å². The van der Waals surface area contributed by atoms with Gasteiger partial charge in [0.15, 0.2) is 5.78 Å². The maximum Gasteiger partial charge on any atom is 0.337 e. The molecule has 2 aliphatic carbocycles. The molecule has 4 rings (SSSR count). The molecule has 6 nitrogen and oxygen atoms in total. The smallest absolute Gasteiger partial charge is 0.337 e. The second-order valence-corrected chi connectivity index (χ2v) is 8.87. The van der Waals surface area contributed by atoms with Gasteiger partial charge in [-0.05, 0) is 51.0 Å². The molecule has 1 N–H and O–H groups in total. The molecule has 3 aliphatic rings. The second-order valence-electron chi connectivity index (χ2n) is 8.87. The molecule has 1 fully saturated rings. The summed E-state index contributed by atoms with van der Waals surface area (Å²) in [7, 11) is 1.24. The number of rotatable bonds is 4. The summed E-state index contributed by atoms with van der Waals surface area (Å²) >= 11 is 0. The van der Waals surface area contributed by atoms with E-state index in [0.717, 1.165) is 25.7 Å². The number of Topliss-reactive ketones (excluding diaryl/α,β-unsaturated/α-hetero) is 1. The fraction of sp³-hybridized carbons (Fsp3) is 0.480. The first-order valence-corrected chi connectivity index (χ1v) is 11.1. The summed E-state index contributed by atoms with van der Waals surface area (Å²) in [4.78, 5) is 39.3. The van der Waals surface area contributed by atoms with Crippen molar-refractivity contribution in [3.63, 3.8) is 0 Å². The zero-order valence-electron chi connectivity index (χ0n) is 18.6. The molecule has 3 atom stereocenters. The van der Waals surface area contributed by atoms with Gasteiger partial charge in [0, 0.05) is 22.5 Å². The SMILES string of the molecule is COC(=O)[C@H]1C(=O)C2=C(C[C@H]1C)NC(C)=C(C(=O)OC1CCCC1)[C@@H]2c1ccccc1F. The molecule has 1 aromatic rings. The number of allylic oxidation sites excluding steroid dienone is 3. The number of methoxy groups -OCH3 is 1. The van der Waals surface area contributed by atoms with Gasteiger partial charge in [-0.2, -0.15) is 0 Å². The quantitative estimate of drug-likeness (QED) is 0.563. The van der Waals surface area contributed by atoms with Gasteiger partial charge < -0.3 is 14.8 Å². The van der Waals surface area contributed by atoms with Crippen LogP contribution < -0.4 is 5.32 Å². The third kappa shape index (κ3) is 3.85. The van der Waals surface area contributed by atoms with E-state index in [4.69, 9.17) is 9.47 Å². The molecule has 1 saturated carbocycles. The molecule has 0 aromatic heterocycles. The van der Waals surface area contributed by atoms with E-state index in [-0.39, 0.29) is 28.7 Å². The molecule has 0 saturated heterocycles. The van der Waals surface area contributed by atoms with Crippen LogP contribution in [0.5, 0.6) is 0 Å². The van der Waals surface area contributed by atoms with E-state index in [1.807, 2.05) is 6.92 Å². The van der Waals surface area contributed by atoms with Gasteiger partial charge in [-0.25, -0.2) is 9.18 Å². The average molecular weight is 441 g/mol. The highest BCUT2D eigenvalue weighted by Gasteiger charge is 2.48. The van der Waals surface area contributed by atoms with Crippen molar-refractivity contribution < 1.29 is 28.2 Å². The predicted octanol–water partition coefficient (Wildman–Crippen LogP) is 3.92. The van der Waals surface area contributed by atoms with Crippen LogP contribution in [0, 0.1) is 17.7 Å². The lowest BCUT2D eigenvalue weighted by Crippen LogP contribution is -2.43. The highest BCUT2D eigenvalue weighted by molar-refractivity contribution is 6.12. The van der Waals surface area contributed by atoms with Gasteiger partial charge >= 0.3 is 11.9 Å². The molecule has 170 valence electrons. The number of hydrogen-bond donors (Lipinski definition) is 1. The van der Waals surface area contributed by atoms with Crippen molar-refractivity contribution in [2.75, 3.05) is 7.11 Å². The Bertz CT molecular complexity index is 1020. The highest BCUT2D eigenvalue weighted by atomic mass is 19.1. The minimum atomic E-state index is -1.000. The first kappa shape index (κ1) is 22.2. The Kier molecular flexibility index (Phi) is 6.17. The fourth-order valence-electron chi connectivity index (χ4n) is 5.19. The summed E-state index contributed by atoms with van der Waals surface area (Å²) in [6, 6.07) is 6.11. The Morgan fingerprint density at radius 3 is 2.50 bits per heavy atom. The van der Waals surface area contributed by atoms with Gasteiger partial charge in [0.1, 0.15) is 17.8 Å². The Hall–Kier alpha value is -2.96. The van der Waals surface area contributed by atoms with Gasteiger partial charge in [0.25, 0.3) is 0 Å². The molecule has 7 heteroatoms. The van der Waals surface area contributed by atoms with Crippen LogP contribution in [0.15, 0.2) is 46.8 Å². The van der Waals surface area contributed by atoms with Crippen molar-refractivity contribution in [1.82, 2.24) is 5.32 Å². The van der Waals surface area contributed by atoms with Crippen LogP contribution in [0.2, 0.25) is 0 Å². The molecule has 32 heavy (non-hydrogen) atoms. The van der Waals surface area contributed by atoms with Gasteiger partial charge in [-0.3, -0.25) is 9.59 Å². The third-order valence-electron chi connectivity index (χ3n) is 6.76. The van der Waals surface area contributed by atoms with Crippen LogP contribution in [0.1, 0.15) is 57.4 Å². The topological polar surface area (TPSA) is 81.7 Å². The number of esters is 2. The standard InChI is InChI=1S/C25H28FNO5/c1-13-12-18-22(23(28)19(13)24(29)31-3)21(16-10-6-7-11-17(16)26)20(14(2)27-18)25(30)32-15-8-4-5-9-15/h6-7,10-11,13,15,19,21,27H,4-5,8-9,12H2,1-3H3/t13-,19-,21+/m1/s1. The van der Waals surface area contributed by atoms with Crippen molar-refractivity contribution in [3.8, 4) is 0 Å². The largest absolute Gasteiger partial charge is 0.468 e. The fourth-order valence-corrected chi connectivity index (χ4v) is 5.19. The van der Waals surface area contributed by atoms with E-state index >= 15 is 4.39 Å². The van der Waals surface area contributed by atoms with Crippen LogP contribution >= 0.6 is 0 Å².